The van der Waals surface area contributed by atoms with Gasteiger partial charge in [-0.1, -0.05) is 6.07 Å². The van der Waals surface area contributed by atoms with Crippen LogP contribution < -0.4 is 5.73 Å². The third-order valence-corrected chi connectivity index (χ3v) is 3.14. The molecule has 0 spiro atoms. The molecule has 92 valence electrons. The number of fused-ring (bicyclic) bond motifs is 1. The maximum atomic E-state index is 12.2. The predicted octanol–water partition coefficient (Wildman–Crippen LogP) is 0.585. The van der Waals surface area contributed by atoms with E-state index in [0.29, 0.717) is 24.6 Å². The molecule has 6 heteroatoms. The second-order valence-corrected chi connectivity index (χ2v) is 4.26. The van der Waals surface area contributed by atoms with Crippen LogP contribution in [0, 0.1) is 0 Å². The lowest BCUT2D eigenvalue weighted by atomic mass is 10.1. The standard InChI is InChI=1S/C12H13N5O/c13-11-8-4-6-17(7-10(8)15-16-11)12(18)9-3-1-2-5-14-9/h1-3,5H,4,6-7H2,(H3,13,15,16). The van der Waals surface area contributed by atoms with Crippen molar-refractivity contribution in [3.8, 4) is 0 Å². The van der Waals surface area contributed by atoms with E-state index < -0.39 is 0 Å². The van der Waals surface area contributed by atoms with Crippen LogP contribution in [-0.2, 0) is 13.0 Å². The minimum atomic E-state index is -0.0607. The molecule has 0 fully saturated rings. The van der Waals surface area contributed by atoms with Gasteiger partial charge in [-0.15, -0.1) is 0 Å². The Balaban J connectivity index is 1.82. The van der Waals surface area contributed by atoms with Crippen molar-refractivity contribution in [1.29, 1.82) is 0 Å². The van der Waals surface area contributed by atoms with Crippen LogP contribution >= 0.6 is 0 Å². The summed E-state index contributed by atoms with van der Waals surface area (Å²) in [6.07, 6.45) is 2.35. The van der Waals surface area contributed by atoms with Crippen LogP contribution in [0.1, 0.15) is 21.7 Å². The van der Waals surface area contributed by atoms with Gasteiger partial charge in [-0.25, -0.2) is 0 Å². The van der Waals surface area contributed by atoms with E-state index in [-0.39, 0.29) is 5.91 Å². The van der Waals surface area contributed by atoms with Crippen molar-refractivity contribution in [2.24, 2.45) is 0 Å². The minimum absolute atomic E-state index is 0.0607. The number of carbonyl (C=O) groups excluding carboxylic acids is 1. The second-order valence-electron chi connectivity index (χ2n) is 4.26. The number of carbonyl (C=O) groups is 1. The Morgan fingerprint density at radius 1 is 1.44 bits per heavy atom. The van der Waals surface area contributed by atoms with Crippen molar-refractivity contribution in [2.45, 2.75) is 13.0 Å². The van der Waals surface area contributed by atoms with Crippen LogP contribution in [0.25, 0.3) is 0 Å². The number of nitrogens with two attached hydrogens (primary N) is 1. The summed E-state index contributed by atoms with van der Waals surface area (Å²) in [5.74, 6) is 0.476. The van der Waals surface area contributed by atoms with E-state index in [1.165, 1.54) is 0 Å². The topological polar surface area (TPSA) is 87.9 Å². The number of hydrogen-bond acceptors (Lipinski definition) is 4. The molecule has 1 aliphatic rings. The number of hydrogen-bond donors (Lipinski definition) is 2. The zero-order valence-corrected chi connectivity index (χ0v) is 9.76. The highest BCUT2D eigenvalue weighted by Crippen LogP contribution is 2.22. The number of H-pyrrole nitrogens is 1. The lowest BCUT2D eigenvalue weighted by molar-refractivity contribution is 0.0726. The molecule has 3 rings (SSSR count). The molecule has 0 atom stereocenters. The summed E-state index contributed by atoms with van der Waals surface area (Å²) in [6.45, 7) is 1.15. The Morgan fingerprint density at radius 2 is 2.33 bits per heavy atom. The predicted molar refractivity (Wildman–Crippen MR) is 65.7 cm³/mol. The molecule has 3 N–H and O–H groups in total. The maximum absolute atomic E-state index is 12.2. The number of anilines is 1. The molecule has 0 bridgehead atoms. The van der Waals surface area contributed by atoms with Crippen molar-refractivity contribution in [3.05, 3.63) is 41.3 Å². The molecule has 0 aliphatic carbocycles. The molecular formula is C12H13N5O. The fraction of sp³-hybridized carbons (Fsp3) is 0.250. The van der Waals surface area contributed by atoms with Gasteiger partial charge in [0.2, 0.25) is 0 Å². The highest BCUT2D eigenvalue weighted by atomic mass is 16.2. The van der Waals surface area contributed by atoms with Crippen molar-refractivity contribution >= 4 is 11.7 Å². The van der Waals surface area contributed by atoms with Gasteiger partial charge in [0.1, 0.15) is 11.5 Å². The first-order valence-corrected chi connectivity index (χ1v) is 5.77. The molecule has 0 saturated carbocycles. The summed E-state index contributed by atoms with van der Waals surface area (Å²) in [5.41, 5.74) is 8.15. The van der Waals surface area contributed by atoms with Crippen molar-refractivity contribution < 1.29 is 4.79 Å². The Kier molecular flexibility index (Phi) is 2.47. The van der Waals surface area contributed by atoms with Crippen LogP contribution in [-0.4, -0.2) is 32.5 Å². The molecule has 0 aromatic carbocycles. The van der Waals surface area contributed by atoms with Crippen molar-refractivity contribution in [2.75, 3.05) is 12.3 Å². The molecule has 0 saturated heterocycles. The van der Waals surface area contributed by atoms with Crippen LogP contribution in [0.4, 0.5) is 5.82 Å². The summed E-state index contributed by atoms with van der Waals surface area (Å²) in [6, 6.07) is 5.32. The van der Waals surface area contributed by atoms with Gasteiger partial charge in [0.05, 0.1) is 12.2 Å². The summed E-state index contributed by atoms with van der Waals surface area (Å²) in [7, 11) is 0. The smallest absolute Gasteiger partial charge is 0.272 e. The first-order valence-electron chi connectivity index (χ1n) is 5.77. The summed E-state index contributed by atoms with van der Waals surface area (Å²) in [5, 5.41) is 6.84. The SMILES string of the molecule is Nc1n[nH]c2c1CCN(C(=O)c1ccccn1)C2. The highest BCUT2D eigenvalue weighted by Gasteiger charge is 2.25. The van der Waals surface area contributed by atoms with E-state index in [4.69, 9.17) is 5.73 Å². The number of nitrogens with one attached hydrogen (secondary N) is 1. The van der Waals surface area contributed by atoms with Crippen LogP contribution in [0.2, 0.25) is 0 Å². The fourth-order valence-electron chi connectivity index (χ4n) is 2.17. The number of pyridine rings is 1. The largest absolute Gasteiger partial charge is 0.382 e. The quantitative estimate of drug-likeness (QED) is 0.767. The number of nitrogen functional groups attached to an aromatic ring is 1. The van der Waals surface area contributed by atoms with Crippen molar-refractivity contribution in [3.63, 3.8) is 0 Å². The Bertz CT molecular complexity index is 577. The van der Waals surface area contributed by atoms with E-state index in [9.17, 15) is 4.79 Å². The summed E-state index contributed by atoms with van der Waals surface area (Å²) in [4.78, 5) is 18.0. The van der Waals surface area contributed by atoms with Gasteiger partial charge in [0.15, 0.2) is 0 Å². The third-order valence-electron chi connectivity index (χ3n) is 3.14. The van der Waals surface area contributed by atoms with Gasteiger partial charge in [-0.3, -0.25) is 14.9 Å². The Hall–Kier alpha value is -2.37. The number of rotatable bonds is 1. The highest BCUT2D eigenvalue weighted by molar-refractivity contribution is 5.92. The summed E-state index contributed by atoms with van der Waals surface area (Å²) < 4.78 is 0. The van der Waals surface area contributed by atoms with Gasteiger partial charge < -0.3 is 10.6 Å². The van der Waals surface area contributed by atoms with E-state index in [2.05, 4.69) is 15.2 Å². The normalized spacial score (nSPS) is 14.3. The zero-order valence-electron chi connectivity index (χ0n) is 9.76. The van der Waals surface area contributed by atoms with E-state index in [1.54, 1.807) is 23.2 Å². The molecule has 1 aliphatic heterocycles. The average molecular weight is 243 g/mol. The van der Waals surface area contributed by atoms with E-state index in [0.717, 1.165) is 17.7 Å². The number of amides is 1. The molecule has 1 amide bonds. The summed E-state index contributed by atoms with van der Waals surface area (Å²) >= 11 is 0. The molecular weight excluding hydrogens is 230 g/mol. The zero-order chi connectivity index (χ0) is 12.5. The van der Waals surface area contributed by atoms with Gasteiger partial charge in [-0.05, 0) is 18.6 Å². The molecule has 6 nitrogen and oxygen atoms in total. The average Bonchev–Trinajstić information content (AvgIpc) is 2.80. The lowest BCUT2D eigenvalue weighted by Gasteiger charge is -2.26. The molecule has 0 radical (unpaired) electrons. The lowest BCUT2D eigenvalue weighted by Crippen LogP contribution is -2.36. The van der Waals surface area contributed by atoms with Crippen LogP contribution in [0.5, 0.6) is 0 Å². The number of nitrogens with zero attached hydrogens (tertiary/aromatic N) is 3. The monoisotopic (exact) mass is 243 g/mol. The van der Waals surface area contributed by atoms with Crippen LogP contribution in [0.15, 0.2) is 24.4 Å². The molecule has 2 aromatic heterocycles. The second kappa shape index (κ2) is 4.14. The van der Waals surface area contributed by atoms with E-state index >= 15 is 0 Å². The molecule has 2 aromatic rings. The van der Waals surface area contributed by atoms with Gasteiger partial charge in [0.25, 0.3) is 5.91 Å². The first kappa shape index (κ1) is 10.8. The molecule has 3 heterocycles. The fourth-order valence-corrected chi connectivity index (χ4v) is 2.17. The molecule has 18 heavy (non-hydrogen) atoms. The number of aromatic amines is 1. The minimum Gasteiger partial charge on any atom is -0.382 e. The Labute approximate surface area is 104 Å². The van der Waals surface area contributed by atoms with Gasteiger partial charge in [-0.2, -0.15) is 5.10 Å². The van der Waals surface area contributed by atoms with Gasteiger partial charge in [0, 0.05) is 18.3 Å². The van der Waals surface area contributed by atoms with Crippen LogP contribution in [0.3, 0.4) is 0 Å². The number of aromatic nitrogens is 3. The first-order chi connectivity index (χ1) is 8.75. The maximum Gasteiger partial charge on any atom is 0.272 e. The van der Waals surface area contributed by atoms with E-state index in [1.807, 2.05) is 6.07 Å². The van der Waals surface area contributed by atoms with Gasteiger partial charge >= 0.3 is 0 Å². The third kappa shape index (κ3) is 1.71. The Morgan fingerprint density at radius 3 is 3.11 bits per heavy atom. The van der Waals surface area contributed by atoms with Crippen molar-refractivity contribution in [1.82, 2.24) is 20.1 Å². The molecule has 0 unspecified atom stereocenters.